The van der Waals surface area contributed by atoms with Crippen molar-refractivity contribution in [2.45, 2.75) is 13.3 Å². The Morgan fingerprint density at radius 1 is 1.40 bits per heavy atom. The summed E-state index contributed by atoms with van der Waals surface area (Å²) in [5.74, 6) is 0.162. The Labute approximate surface area is 59.7 Å². The summed E-state index contributed by atoms with van der Waals surface area (Å²) < 4.78 is 0. The Morgan fingerprint density at radius 2 is 2.20 bits per heavy atom. The highest BCUT2D eigenvalue weighted by Gasteiger charge is 2.16. The minimum Gasteiger partial charge on any atom is -0.295 e. The van der Waals surface area contributed by atoms with E-state index in [-0.39, 0.29) is 5.78 Å². The molecule has 0 aromatic heterocycles. The van der Waals surface area contributed by atoms with Crippen molar-refractivity contribution >= 4 is 5.78 Å². The van der Waals surface area contributed by atoms with E-state index in [0.717, 1.165) is 12.0 Å². The maximum atomic E-state index is 10.8. The molecule has 1 aliphatic carbocycles. The lowest BCUT2D eigenvalue weighted by molar-refractivity contribution is 0.101. The second kappa shape index (κ2) is 1.69. The minimum atomic E-state index is 0.162. The van der Waals surface area contributed by atoms with Gasteiger partial charge in [0.25, 0.3) is 0 Å². The summed E-state index contributed by atoms with van der Waals surface area (Å²) in [4.78, 5) is 10.8. The summed E-state index contributed by atoms with van der Waals surface area (Å²) in [6.07, 6.45) is 1.09. The Morgan fingerprint density at radius 3 is 2.80 bits per heavy atom. The molecule has 10 heavy (non-hydrogen) atoms. The molecule has 0 heterocycles. The van der Waals surface area contributed by atoms with Crippen molar-refractivity contribution in [1.29, 1.82) is 0 Å². The molecule has 0 saturated heterocycles. The fourth-order valence-corrected chi connectivity index (χ4v) is 1.12. The zero-order valence-electron chi connectivity index (χ0n) is 5.85. The van der Waals surface area contributed by atoms with Crippen LogP contribution in [0.4, 0.5) is 0 Å². The van der Waals surface area contributed by atoms with Gasteiger partial charge in [0.15, 0.2) is 5.78 Å². The molecule has 0 unspecified atom stereocenters. The fourth-order valence-electron chi connectivity index (χ4n) is 1.12. The summed E-state index contributed by atoms with van der Waals surface area (Å²) in [7, 11) is 0. The van der Waals surface area contributed by atoms with E-state index >= 15 is 0 Å². The van der Waals surface area contributed by atoms with Crippen LogP contribution in [0.15, 0.2) is 18.2 Å². The molecule has 0 spiro atoms. The normalized spacial score (nSPS) is 12.5. The van der Waals surface area contributed by atoms with Gasteiger partial charge in [-0.3, -0.25) is 4.79 Å². The molecule has 50 valence electrons. The minimum absolute atomic E-state index is 0.162. The Kier molecular flexibility index (Phi) is 0.956. The van der Waals surface area contributed by atoms with Crippen LogP contribution in [-0.2, 0) is 6.42 Å². The van der Waals surface area contributed by atoms with Crippen molar-refractivity contribution < 1.29 is 4.79 Å². The number of benzene rings is 1. The van der Waals surface area contributed by atoms with Gasteiger partial charge < -0.3 is 0 Å². The highest BCUT2D eigenvalue weighted by Crippen LogP contribution is 2.28. The number of fused-ring (bicyclic) bond motifs is 1. The molecule has 0 radical (unpaired) electrons. The molecule has 1 aromatic carbocycles. The topological polar surface area (TPSA) is 17.1 Å². The van der Waals surface area contributed by atoms with Gasteiger partial charge in [0.1, 0.15) is 0 Å². The molecule has 0 saturated carbocycles. The second-order valence-electron chi connectivity index (χ2n) is 2.72. The summed E-state index contributed by atoms with van der Waals surface area (Å²) >= 11 is 0. The molecule has 2 rings (SSSR count). The third kappa shape index (κ3) is 0.747. The monoisotopic (exact) mass is 132 g/mol. The smallest absolute Gasteiger partial charge is 0.159 e. The van der Waals surface area contributed by atoms with Crippen LogP contribution in [0, 0.1) is 0 Å². The zero-order chi connectivity index (χ0) is 7.14. The molecule has 0 N–H and O–H groups in total. The number of ketones is 1. The van der Waals surface area contributed by atoms with Gasteiger partial charge >= 0.3 is 0 Å². The molecule has 1 aliphatic rings. The van der Waals surface area contributed by atoms with Crippen molar-refractivity contribution in [1.82, 2.24) is 0 Å². The van der Waals surface area contributed by atoms with Crippen molar-refractivity contribution in [3.8, 4) is 0 Å². The maximum Gasteiger partial charge on any atom is 0.159 e. The average Bonchev–Trinajstić information content (AvgIpc) is 2.63. The van der Waals surface area contributed by atoms with Crippen molar-refractivity contribution in [3.05, 3.63) is 34.9 Å². The van der Waals surface area contributed by atoms with Gasteiger partial charge in [0.2, 0.25) is 0 Å². The summed E-state index contributed by atoms with van der Waals surface area (Å²) in [6, 6.07) is 5.91. The first kappa shape index (κ1) is 5.66. The lowest BCUT2D eigenvalue weighted by atomic mass is 10.2. The number of carbonyl (C=O) groups excluding carboxylic acids is 1. The predicted octanol–water partition coefficient (Wildman–Crippen LogP) is 1.79. The van der Waals surface area contributed by atoms with Crippen molar-refractivity contribution in [3.63, 3.8) is 0 Å². The molecule has 0 amide bonds. The van der Waals surface area contributed by atoms with Gasteiger partial charge in [0, 0.05) is 5.56 Å². The highest BCUT2D eigenvalue weighted by molar-refractivity contribution is 5.94. The molecule has 0 fully saturated rings. The summed E-state index contributed by atoms with van der Waals surface area (Å²) in [6.45, 7) is 1.60. The number of hydrogen-bond acceptors (Lipinski definition) is 1. The van der Waals surface area contributed by atoms with Crippen LogP contribution in [-0.4, -0.2) is 5.78 Å². The zero-order valence-corrected chi connectivity index (χ0v) is 5.85. The van der Waals surface area contributed by atoms with E-state index in [0.29, 0.717) is 0 Å². The summed E-state index contributed by atoms with van der Waals surface area (Å²) in [5, 5.41) is 0. The predicted molar refractivity (Wildman–Crippen MR) is 39.3 cm³/mol. The summed E-state index contributed by atoms with van der Waals surface area (Å²) in [5.41, 5.74) is 3.58. The molecular formula is C9H8O. The Hall–Kier alpha value is -1.11. The number of Topliss-reactive ketones (excluding diaryl/α,β-unsaturated/α-hetero) is 1. The Bertz CT molecular complexity index is 300. The first-order chi connectivity index (χ1) is 4.77. The number of rotatable bonds is 1. The van der Waals surface area contributed by atoms with E-state index in [1.807, 2.05) is 18.2 Å². The van der Waals surface area contributed by atoms with Crippen LogP contribution >= 0.6 is 0 Å². The molecule has 0 aliphatic heterocycles. The number of hydrogen-bond donors (Lipinski definition) is 0. The average molecular weight is 132 g/mol. The fraction of sp³-hybridized carbons (Fsp3) is 0.222. The molecule has 0 bridgehead atoms. The van der Waals surface area contributed by atoms with E-state index in [2.05, 4.69) is 0 Å². The van der Waals surface area contributed by atoms with E-state index in [1.165, 1.54) is 11.1 Å². The van der Waals surface area contributed by atoms with Gasteiger partial charge in [-0.15, -0.1) is 0 Å². The first-order valence-electron chi connectivity index (χ1n) is 3.40. The van der Waals surface area contributed by atoms with Crippen LogP contribution in [0.25, 0.3) is 0 Å². The Balaban J connectivity index is 2.48. The van der Waals surface area contributed by atoms with Crippen LogP contribution in [0.1, 0.15) is 28.4 Å². The van der Waals surface area contributed by atoms with Gasteiger partial charge in [0.05, 0.1) is 0 Å². The first-order valence-corrected chi connectivity index (χ1v) is 3.40. The van der Waals surface area contributed by atoms with E-state index < -0.39 is 0 Å². The quantitative estimate of drug-likeness (QED) is 0.540. The lowest BCUT2D eigenvalue weighted by Gasteiger charge is -1.89. The SMILES string of the molecule is CC(=O)c1ccc2c(c1)C2. The molecule has 1 heteroatoms. The van der Waals surface area contributed by atoms with Crippen molar-refractivity contribution in [2.24, 2.45) is 0 Å². The van der Waals surface area contributed by atoms with Crippen LogP contribution in [0.5, 0.6) is 0 Å². The molecule has 1 aromatic rings. The van der Waals surface area contributed by atoms with E-state index in [4.69, 9.17) is 0 Å². The number of carbonyl (C=O) groups is 1. The molecule has 1 nitrogen and oxygen atoms in total. The van der Waals surface area contributed by atoms with E-state index in [9.17, 15) is 4.79 Å². The van der Waals surface area contributed by atoms with Gasteiger partial charge in [-0.05, 0) is 30.5 Å². The standard InChI is InChI=1S/C9H8O/c1-6(10)7-2-3-8-5-9(8)4-7/h2-4H,5H2,1H3. The van der Waals surface area contributed by atoms with Crippen molar-refractivity contribution in [2.75, 3.05) is 0 Å². The maximum absolute atomic E-state index is 10.8. The highest BCUT2D eigenvalue weighted by atomic mass is 16.1. The largest absolute Gasteiger partial charge is 0.295 e. The van der Waals surface area contributed by atoms with Crippen LogP contribution in [0.3, 0.4) is 0 Å². The van der Waals surface area contributed by atoms with Gasteiger partial charge in [-0.1, -0.05) is 12.1 Å². The molecular weight excluding hydrogens is 124 g/mol. The second-order valence-corrected chi connectivity index (χ2v) is 2.72. The third-order valence-corrected chi connectivity index (χ3v) is 1.87. The molecule has 0 atom stereocenters. The third-order valence-electron chi connectivity index (χ3n) is 1.87. The lowest BCUT2D eigenvalue weighted by Crippen LogP contribution is -1.88. The van der Waals surface area contributed by atoms with E-state index in [1.54, 1.807) is 6.92 Å². The van der Waals surface area contributed by atoms with Gasteiger partial charge in [-0.2, -0.15) is 0 Å². The van der Waals surface area contributed by atoms with Gasteiger partial charge in [-0.25, -0.2) is 0 Å². The van der Waals surface area contributed by atoms with Crippen LogP contribution < -0.4 is 0 Å². The van der Waals surface area contributed by atoms with Crippen LogP contribution in [0.2, 0.25) is 0 Å².